The summed E-state index contributed by atoms with van der Waals surface area (Å²) in [7, 11) is 1.56. The van der Waals surface area contributed by atoms with E-state index in [1.807, 2.05) is 0 Å². The molecule has 0 unspecified atom stereocenters. The highest BCUT2D eigenvalue weighted by Crippen LogP contribution is 2.36. The molecule has 1 aliphatic heterocycles. The Morgan fingerprint density at radius 3 is 2.79 bits per heavy atom. The Bertz CT molecular complexity index is 476. The molecule has 6 heteroatoms. The van der Waals surface area contributed by atoms with Crippen molar-refractivity contribution in [2.24, 2.45) is 5.92 Å². The highest BCUT2D eigenvalue weighted by atomic mass is 79.9. The normalized spacial score (nSPS) is 16.2. The van der Waals surface area contributed by atoms with E-state index in [0.29, 0.717) is 16.5 Å². The predicted octanol–water partition coefficient (Wildman–Crippen LogP) is 3.05. The van der Waals surface area contributed by atoms with E-state index in [0.717, 1.165) is 30.4 Å². The van der Waals surface area contributed by atoms with Crippen LogP contribution in [-0.4, -0.2) is 26.1 Å². The number of carbonyl (C=O) groups excluding carboxylic acids is 1. The Morgan fingerprint density at radius 2 is 2.16 bits per heavy atom. The van der Waals surface area contributed by atoms with Crippen LogP contribution in [0, 0.1) is 5.92 Å². The molecule has 2 rings (SSSR count). The summed E-state index contributed by atoms with van der Waals surface area (Å²) in [5, 5.41) is 6.70. The van der Waals surface area contributed by atoms with Gasteiger partial charge in [0.2, 0.25) is 5.91 Å². The van der Waals surface area contributed by atoms with Crippen molar-refractivity contribution in [2.45, 2.75) is 12.8 Å². The van der Waals surface area contributed by atoms with Gasteiger partial charge in [-0.2, -0.15) is 0 Å². The van der Waals surface area contributed by atoms with Crippen LogP contribution in [-0.2, 0) is 4.79 Å². The van der Waals surface area contributed by atoms with Crippen molar-refractivity contribution < 1.29 is 9.53 Å². The highest BCUT2D eigenvalue weighted by Gasteiger charge is 2.22. The van der Waals surface area contributed by atoms with Gasteiger partial charge in [0.05, 0.1) is 17.3 Å². The molecule has 4 nitrogen and oxygen atoms in total. The van der Waals surface area contributed by atoms with Crippen molar-refractivity contribution in [3.8, 4) is 5.75 Å². The first-order valence-electron chi connectivity index (χ1n) is 6.16. The van der Waals surface area contributed by atoms with Crippen molar-refractivity contribution >= 4 is 39.1 Å². The second kappa shape index (κ2) is 6.59. The lowest BCUT2D eigenvalue weighted by molar-refractivity contribution is -0.120. The average Bonchev–Trinajstić information content (AvgIpc) is 2.39. The molecule has 1 saturated heterocycles. The molecule has 1 amide bonds. The zero-order valence-electron chi connectivity index (χ0n) is 10.6. The number of carbonyl (C=O) groups is 1. The molecule has 0 bridgehead atoms. The number of hydrogen-bond donors (Lipinski definition) is 2. The van der Waals surface area contributed by atoms with Gasteiger partial charge in [-0.25, -0.2) is 0 Å². The summed E-state index contributed by atoms with van der Waals surface area (Å²) in [5.74, 6) is 0.657. The summed E-state index contributed by atoms with van der Waals surface area (Å²) in [6, 6.07) is 3.44. The Hall–Kier alpha value is -0.780. The molecule has 104 valence electrons. The Kier molecular flexibility index (Phi) is 5.07. The van der Waals surface area contributed by atoms with Crippen LogP contribution in [0.1, 0.15) is 12.8 Å². The Morgan fingerprint density at radius 1 is 1.47 bits per heavy atom. The SMILES string of the molecule is COc1c(Br)cc(Cl)cc1NC(=O)C1CCNCC1. The van der Waals surface area contributed by atoms with Gasteiger partial charge < -0.3 is 15.4 Å². The van der Waals surface area contributed by atoms with Crippen molar-refractivity contribution in [1.29, 1.82) is 0 Å². The smallest absolute Gasteiger partial charge is 0.227 e. The Balaban J connectivity index is 2.15. The number of methoxy groups -OCH3 is 1. The second-order valence-electron chi connectivity index (χ2n) is 4.48. The van der Waals surface area contributed by atoms with Gasteiger partial charge >= 0.3 is 0 Å². The molecule has 1 aromatic rings. The van der Waals surface area contributed by atoms with Crippen molar-refractivity contribution in [3.63, 3.8) is 0 Å². The molecule has 1 aromatic carbocycles. The van der Waals surface area contributed by atoms with Crippen LogP contribution >= 0.6 is 27.5 Å². The summed E-state index contributed by atoms with van der Waals surface area (Å²) in [6.45, 7) is 1.77. The number of amides is 1. The van der Waals surface area contributed by atoms with Crippen LogP contribution in [0.4, 0.5) is 5.69 Å². The lowest BCUT2D eigenvalue weighted by Gasteiger charge is -2.22. The second-order valence-corrected chi connectivity index (χ2v) is 5.77. The first-order chi connectivity index (χ1) is 9.11. The third kappa shape index (κ3) is 3.61. The van der Waals surface area contributed by atoms with E-state index in [9.17, 15) is 4.79 Å². The van der Waals surface area contributed by atoms with Crippen molar-refractivity contribution in [1.82, 2.24) is 5.32 Å². The number of nitrogens with one attached hydrogen (secondary N) is 2. The molecule has 0 radical (unpaired) electrons. The van der Waals surface area contributed by atoms with Gasteiger partial charge in [-0.3, -0.25) is 4.79 Å². The fraction of sp³-hybridized carbons (Fsp3) is 0.462. The van der Waals surface area contributed by atoms with Gasteiger partial charge in [0.1, 0.15) is 0 Å². The molecule has 19 heavy (non-hydrogen) atoms. The zero-order chi connectivity index (χ0) is 13.8. The maximum atomic E-state index is 12.2. The monoisotopic (exact) mass is 346 g/mol. The molecular weight excluding hydrogens is 332 g/mol. The minimum Gasteiger partial charge on any atom is -0.493 e. The maximum Gasteiger partial charge on any atom is 0.227 e. The number of anilines is 1. The van der Waals surface area contributed by atoms with Gasteiger partial charge in [-0.1, -0.05) is 11.6 Å². The van der Waals surface area contributed by atoms with Crippen molar-refractivity contribution in [3.05, 3.63) is 21.6 Å². The molecule has 2 N–H and O–H groups in total. The van der Waals surface area contributed by atoms with E-state index in [2.05, 4.69) is 26.6 Å². The number of ether oxygens (including phenoxy) is 1. The summed E-state index contributed by atoms with van der Waals surface area (Å²) in [4.78, 5) is 12.2. The van der Waals surface area contributed by atoms with Crippen LogP contribution in [0.2, 0.25) is 5.02 Å². The fourth-order valence-corrected chi connectivity index (χ4v) is 3.15. The van der Waals surface area contributed by atoms with Crippen LogP contribution < -0.4 is 15.4 Å². The van der Waals surface area contributed by atoms with Gasteiger partial charge in [-0.15, -0.1) is 0 Å². The molecule has 0 aliphatic carbocycles. The highest BCUT2D eigenvalue weighted by molar-refractivity contribution is 9.10. The number of halogens is 2. The lowest BCUT2D eigenvalue weighted by Crippen LogP contribution is -2.34. The Labute approximate surface area is 126 Å². The summed E-state index contributed by atoms with van der Waals surface area (Å²) >= 11 is 9.37. The molecule has 1 aliphatic rings. The molecular formula is C13H16BrClN2O2. The quantitative estimate of drug-likeness (QED) is 0.883. The summed E-state index contributed by atoms with van der Waals surface area (Å²) < 4.78 is 6.01. The third-order valence-electron chi connectivity index (χ3n) is 3.18. The molecule has 0 atom stereocenters. The van der Waals surface area contributed by atoms with E-state index in [1.54, 1.807) is 19.2 Å². The lowest BCUT2D eigenvalue weighted by atomic mass is 9.97. The summed E-state index contributed by atoms with van der Waals surface area (Å²) in [6.07, 6.45) is 1.71. The van der Waals surface area contributed by atoms with Gasteiger partial charge in [-0.05, 0) is 54.0 Å². The first-order valence-corrected chi connectivity index (χ1v) is 7.33. The number of rotatable bonds is 3. The minimum atomic E-state index is 0.0222. The third-order valence-corrected chi connectivity index (χ3v) is 3.99. The number of benzene rings is 1. The minimum absolute atomic E-state index is 0.0222. The molecule has 1 fully saturated rings. The molecule has 0 saturated carbocycles. The average molecular weight is 348 g/mol. The van der Waals surface area contributed by atoms with E-state index in [-0.39, 0.29) is 11.8 Å². The largest absolute Gasteiger partial charge is 0.493 e. The molecule has 1 heterocycles. The topological polar surface area (TPSA) is 50.4 Å². The maximum absolute atomic E-state index is 12.2. The number of hydrogen-bond acceptors (Lipinski definition) is 3. The van der Waals surface area contributed by atoms with Crippen LogP contribution in [0.5, 0.6) is 5.75 Å². The standard InChI is InChI=1S/C13H16BrClN2O2/c1-19-12-10(14)6-9(15)7-11(12)17-13(18)8-2-4-16-5-3-8/h6-8,16H,2-5H2,1H3,(H,17,18). The predicted molar refractivity (Wildman–Crippen MR) is 79.9 cm³/mol. The van der Waals surface area contributed by atoms with Crippen LogP contribution in [0.15, 0.2) is 16.6 Å². The zero-order valence-corrected chi connectivity index (χ0v) is 13.0. The molecule has 0 aromatic heterocycles. The van der Waals surface area contributed by atoms with E-state index < -0.39 is 0 Å². The van der Waals surface area contributed by atoms with Gasteiger partial charge in [0.15, 0.2) is 5.75 Å². The van der Waals surface area contributed by atoms with E-state index >= 15 is 0 Å². The van der Waals surface area contributed by atoms with E-state index in [1.165, 1.54) is 0 Å². The first kappa shape index (κ1) is 14.6. The van der Waals surface area contributed by atoms with Crippen molar-refractivity contribution in [2.75, 3.05) is 25.5 Å². The van der Waals surface area contributed by atoms with Gasteiger partial charge in [0.25, 0.3) is 0 Å². The van der Waals surface area contributed by atoms with Gasteiger partial charge in [0, 0.05) is 10.9 Å². The molecule has 0 spiro atoms. The summed E-state index contributed by atoms with van der Waals surface area (Å²) in [5.41, 5.74) is 0.602. The fourth-order valence-electron chi connectivity index (χ4n) is 2.18. The van der Waals surface area contributed by atoms with E-state index in [4.69, 9.17) is 16.3 Å². The van der Waals surface area contributed by atoms with Crippen LogP contribution in [0.25, 0.3) is 0 Å². The number of piperidine rings is 1. The van der Waals surface area contributed by atoms with Crippen LogP contribution in [0.3, 0.4) is 0 Å².